The van der Waals surface area contributed by atoms with E-state index in [-0.39, 0.29) is 12.3 Å². The van der Waals surface area contributed by atoms with E-state index in [9.17, 15) is 24.5 Å². The third-order valence-electron chi connectivity index (χ3n) is 3.02. The number of carbonyl (C=O) groups excluding carboxylic acids is 1. The quantitative estimate of drug-likeness (QED) is 0.452. The molecule has 3 N–H and O–H groups in total. The average Bonchev–Trinajstić information content (AvgIpc) is 2.55. The van der Waals surface area contributed by atoms with E-state index in [0.717, 1.165) is 0 Å². The van der Waals surface area contributed by atoms with Gasteiger partial charge in [-0.3, -0.25) is 14.9 Å². The van der Waals surface area contributed by atoms with Crippen LogP contribution in [-0.2, 0) is 20.9 Å². The number of rotatable bonds is 8. The number of ether oxygens (including phenoxy) is 1. The fourth-order valence-corrected chi connectivity index (χ4v) is 1.79. The number of nitro benzene ring substituents is 1. The maximum absolute atomic E-state index is 11.7. The number of amides is 1. The molecule has 1 rings (SSSR count). The number of carbonyl (C=O) groups is 3. The second-order valence-electron chi connectivity index (χ2n) is 4.79. The zero-order chi connectivity index (χ0) is 19.0. The van der Waals surface area contributed by atoms with Crippen molar-refractivity contribution in [3.05, 3.63) is 39.9 Å². The van der Waals surface area contributed by atoms with Gasteiger partial charge in [-0.15, -0.1) is 0 Å². The van der Waals surface area contributed by atoms with E-state index in [2.05, 4.69) is 0 Å². The Morgan fingerprint density at radius 3 is 2.32 bits per heavy atom. The molecule has 25 heavy (non-hydrogen) atoms. The Hall–Kier alpha value is -3.68. The molecule has 0 spiro atoms. The van der Waals surface area contributed by atoms with E-state index in [0.29, 0.717) is 5.56 Å². The van der Waals surface area contributed by atoms with Crippen molar-refractivity contribution in [2.75, 3.05) is 0 Å². The lowest BCUT2D eigenvalue weighted by Gasteiger charge is -2.17. The highest BCUT2D eigenvalue weighted by atomic mass is 16.6. The lowest BCUT2D eigenvalue weighted by atomic mass is 9.98. The Labute approximate surface area is 140 Å². The summed E-state index contributed by atoms with van der Waals surface area (Å²) < 4.78 is 4.77. The molecule has 11 nitrogen and oxygen atoms in total. The number of nitrogens with one attached hydrogen (secondary N) is 1. The van der Waals surface area contributed by atoms with Crippen molar-refractivity contribution in [3.8, 4) is 6.07 Å². The monoisotopic (exact) mass is 351 g/mol. The molecule has 0 aliphatic heterocycles. The van der Waals surface area contributed by atoms with Gasteiger partial charge in [-0.25, -0.2) is 9.59 Å². The van der Waals surface area contributed by atoms with Gasteiger partial charge in [0, 0.05) is 12.1 Å². The molecule has 0 heterocycles. The van der Waals surface area contributed by atoms with Crippen LogP contribution in [0.2, 0.25) is 0 Å². The molecule has 2 unspecified atom stereocenters. The summed E-state index contributed by atoms with van der Waals surface area (Å²) in [5.41, 5.74) is 0.264. The summed E-state index contributed by atoms with van der Waals surface area (Å²) in [6, 6.07) is 4.86. The van der Waals surface area contributed by atoms with Crippen molar-refractivity contribution in [3.63, 3.8) is 0 Å². The van der Waals surface area contributed by atoms with Crippen LogP contribution in [0.15, 0.2) is 24.3 Å². The standard InChI is InChI=1S/C14H13N3O8/c15-6-9(5-11(18)19)12(13(20)21)16-14(22)25-7-8-1-3-10(4-2-8)17(23)24/h1-4,9,12H,5,7H2,(H,16,22)(H,18,19)(H,20,21). The number of benzene rings is 1. The van der Waals surface area contributed by atoms with Crippen molar-refractivity contribution in [2.45, 2.75) is 19.1 Å². The Kier molecular flexibility index (Phi) is 6.83. The van der Waals surface area contributed by atoms with Crippen LogP contribution in [0.25, 0.3) is 0 Å². The van der Waals surface area contributed by atoms with Gasteiger partial charge in [-0.2, -0.15) is 5.26 Å². The molecule has 0 bridgehead atoms. The van der Waals surface area contributed by atoms with Gasteiger partial charge in [-0.1, -0.05) is 0 Å². The molecule has 1 aromatic rings. The maximum atomic E-state index is 11.7. The topological polar surface area (TPSA) is 180 Å². The SMILES string of the molecule is N#CC(CC(=O)O)C(NC(=O)OCc1ccc([N+](=O)[O-])cc1)C(=O)O. The van der Waals surface area contributed by atoms with Crippen LogP contribution in [0.1, 0.15) is 12.0 Å². The fraction of sp³-hybridized carbons (Fsp3) is 0.286. The van der Waals surface area contributed by atoms with Crippen molar-refractivity contribution in [1.82, 2.24) is 5.32 Å². The number of carboxylic acid groups (broad SMARTS) is 2. The van der Waals surface area contributed by atoms with E-state index in [1.165, 1.54) is 30.3 Å². The van der Waals surface area contributed by atoms with Crippen molar-refractivity contribution >= 4 is 23.7 Å². The van der Waals surface area contributed by atoms with Gasteiger partial charge in [0.1, 0.15) is 12.6 Å². The molecule has 132 valence electrons. The fourth-order valence-electron chi connectivity index (χ4n) is 1.79. The second kappa shape index (κ2) is 8.82. The number of hydrogen-bond acceptors (Lipinski definition) is 7. The van der Waals surface area contributed by atoms with Crippen molar-refractivity contribution in [2.24, 2.45) is 5.92 Å². The molecule has 0 saturated carbocycles. The van der Waals surface area contributed by atoms with Crippen LogP contribution >= 0.6 is 0 Å². The van der Waals surface area contributed by atoms with Crippen LogP contribution in [-0.4, -0.2) is 39.2 Å². The van der Waals surface area contributed by atoms with E-state index in [1.807, 2.05) is 5.32 Å². The van der Waals surface area contributed by atoms with Crippen LogP contribution in [0.5, 0.6) is 0 Å². The number of carboxylic acids is 2. The van der Waals surface area contributed by atoms with Gasteiger partial charge in [-0.05, 0) is 17.7 Å². The van der Waals surface area contributed by atoms with E-state index >= 15 is 0 Å². The largest absolute Gasteiger partial charge is 0.481 e. The molecule has 0 saturated heterocycles. The first-order valence-electron chi connectivity index (χ1n) is 6.75. The summed E-state index contributed by atoms with van der Waals surface area (Å²) >= 11 is 0. The van der Waals surface area contributed by atoms with Crippen LogP contribution in [0, 0.1) is 27.4 Å². The van der Waals surface area contributed by atoms with E-state index in [1.54, 1.807) is 0 Å². The molecule has 0 radical (unpaired) electrons. The highest BCUT2D eigenvalue weighted by Gasteiger charge is 2.32. The average molecular weight is 351 g/mol. The number of aliphatic carboxylic acids is 2. The summed E-state index contributed by atoms with van der Waals surface area (Å²) in [5.74, 6) is -4.46. The predicted molar refractivity (Wildman–Crippen MR) is 79.2 cm³/mol. The number of nitrogens with zero attached hydrogens (tertiary/aromatic N) is 2. The molecule has 2 atom stereocenters. The van der Waals surface area contributed by atoms with Crippen molar-refractivity contribution in [1.29, 1.82) is 5.26 Å². The highest BCUT2D eigenvalue weighted by Crippen LogP contribution is 2.13. The Morgan fingerprint density at radius 1 is 1.28 bits per heavy atom. The minimum atomic E-state index is -1.76. The van der Waals surface area contributed by atoms with Gasteiger partial charge in [0.2, 0.25) is 0 Å². The van der Waals surface area contributed by atoms with Crippen LogP contribution in [0.4, 0.5) is 10.5 Å². The molecule has 0 aliphatic carbocycles. The van der Waals surface area contributed by atoms with Gasteiger partial charge in [0.15, 0.2) is 0 Å². The Bertz CT molecular complexity index is 710. The predicted octanol–water partition coefficient (Wildman–Crippen LogP) is 0.889. The number of non-ortho nitro benzene ring substituents is 1. The second-order valence-corrected chi connectivity index (χ2v) is 4.79. The molecular weight excluding hydrogens is 338 g/mol. The molecule has 0 aromatic heterocycles. The van der Waals surface area contributed by atoms with Gasteiger partial charge < -0.3 is 20.3 Å². The zero-order valence-corrected chi connectivity index (χ0v) is 12.6. The smallest absolute Gasteiger partial charge is 0.408 e. The van der Waals surface area contributed by atoms with Gasteiger partial charge in [0.25, 0.3) is 5.69 Å². The Balaban J connectivity index is 2.66. The lowest BCUT2D eigenvalue weighted by Crippen LogP contribution is -2.46. The van der Waals surface area contributed by atoms with E-state index < -0.39 is 41.3 Å². The van der Waals surface area contributed by atoms with Gasteiger partial charge >= 0.3 is 18.0 Å². The minimum Gasteiger partial charge on any atom is -0.481 e. The first-order chi connectivity index (χ1) is 11.7. The zero-order valence-electron chi connectivity index (χ0n) is 12.6. The minimum absolute atomic E-state index is 0.148. The summed E-state index contributed by atoms with van der Waals surface area (Å²) in [6.07, 6.45) is -1.94. The third-order valence-corrected chi connectivity index (χ3v) is 3.02. The van der Waals surface area contributed by atoms with Crippen LogP contribution < -0.4 is 5.32 Å². The van der Waals surface area contributed by atoms with Gasteiger partial charge in [0.05, 0.1) is 23.3 Å². The third kappa shape index (κ3) is 6.14. The first kappa shape index (κ1) is 19.4. The number of nitriles is 1. The molecule has 11 heteroatoms. The number of nitro groups is 1. The number of alkyl carbamates (subject to hydrolysis) is 1. The molecule has 0 fully saturated rings. The summed E-state index contributed by atoms with van der Waals surface area (Å²) in [6.45, 7) is -0.299. The summed E-state index contributed by atoms with van der Waals surface area (Å²) in [5, 5.41) is 39.0. The maximum Gasteiger partial charge on any atom is 0.408 e. The lowest BCUT2D eigenvalue weighted by molar-refractivity contribution is -0.384. The summed E-state index contributed by atoms with van der Waals surface area (Å²) in [7, 11) is 0. The van der Waals surface area contributed by atoms with Crippen LogP contribution in [0.3, 0.4) is 0 Å². The summed E-state index contributed by atoms with van der Waals surface area (Å²) in [4.78, 5) is 43.3. The first-order valence-corrected chi connectivity index (χ1v) is 6.75. The molecule has 1 aromatic carbocycles. The molecular formula is C14H13N3O8. The highest BCUT2D eigenvalue weighted by molar-refractivity contribution is 5.81. The normalized spacial score (nSPS) is 12.3. The van der Waals surface area contributed by atoms with Crippen molar-refractivity contribution < 1.29 is 34.3 Å². The Morgan fingerprint density at radius 2 is 1.88 bits per heavy atom. The molecule has 0 aliphatic rings. The number of hydrogen-bond donors (Lipinski definition) is 3. The van der Waals surface area contributed by atoms with E-state index in [4.69, 9.17) is 20.2 Å². The molecule has 1 amide bonds.